The van der Waals surface area contributed by atoms with Crippen LogP contribution in [0.15, 0.2) is 66.9 Å². The first-order valence-electron chi connectivity index (χ1n) is 13.6. The lowest BCUT2D eigenvalue weighted by molar-refractivity contribution is 0.0697. The highest BCUT2D eigenvalue weighted by molar-refractivity contribution is 6.29. The zero-order valence-electron chi connectivity index (χ0n) is 23.4. The first-order chi connectivity index (χ1) is 20.6. The lowest BCUT2D eigenvalue weighted by Crippen LogP contribution is -2.27. The molecule has 0 bridgehead atoms. The van der Waals surface area contributed by atoms with Gasteiger partial charge in [-0.25, -0.2) is 28.5 Å². The summed E-state index contributed by atoms with van der Waals surface area (Å²) in [7, 11) is 0. The van der Waals surface area contributed by atoms with Crippen molar-refractivity contribution in [2.45, 2.75) is 32.9 Å². The van der Waals surface area contributed by atoms with E-state index in [1.165, 1.54) is 6.07 Å². The van der Waals surface area contributed by atoms with Gasteiger partial charge in [-0.15, -0.1) is 0 Å². The molecule has 0 spiro atoms. The van der Waals surface area contributed by atoms with Crippen LogP contribution in [0.25, 0.3) is 22.3 Å². The third kappa shape index (κ3) is 5.80. The molecule has 1 saturated heterocycles. The Kier molecular flexibility index (Phi) is 7.57. The molecule has 1 unspecified atom stereocenters. The number of benzene rings is 2. The maximum Gasteiger partial charge on any atom is 0.335 e. The number of nitrogens with zero attached hydrogens (tertiary/aromatic N) is 4. The van der Waals surface area contributed by atoms with Gasteiger partial charge in [-0.3, -0.25) is 0 Å². The highest BCUT2D eigenvalue weighted by Gasteiger charge is 2.39. The van der Waals surface area contributed by atoms with E-state index in [1.54, 1.807) is 48.7 Å². The fraction of sp³-hybridized carbons (Fsp3) is 0.250. The molecule has 4 heterocycles. The summed E-state index contributed by atoms with van der Waals surface area (Å²) in [5, 5.41) is 9.94. The number of carboxylic acids is 1. The average Bonchev–Trinajstić information content (AvgIpc) is 3.51. The van der Waals surface area contributed by atoms with Crippen LogP contribution >= 0.6 is 11.6 Å². The van der Waals surface area contributed by atoms with Gasteiger partial charge < -0.3 is 19.1 Å². The fourth-order valence-corrected chi connectivity index (χ4v) is 5.42. The Morgan fingerprint density at radius 2 is 1.95 bits per heavy atom. The Balaban J connectivity index is 1.32. The summed E-state index contributed by atoms with van der Waals surface area (Å²) >= 11 is 5.82. The number of carboxylic acid groups (broad SMARTS) is 1. The van der Waals surface area contributed by atoms with Crippen molar-refractivity contribution in [1.82, 2.24) is 19.5 Å². The third-order valence-corrected chi connectivity index (χ3v) is 7.86. The molecule has 0 radical (unpaired) electrons. The predicted molar refractivity (Wildman–Crippen MR) is 156 cm³/mol. The molecule has 5 aromatic rings. The van der Waals surface area contributed by atoms with E-state index in [0.29, 0.717) is 35.2 Å². The van der Waals surface area contributed by atoms with Gasteiger partial charge in [0.15, 0.2) is 0 Å². The molecule has 43 heavy (non-hydrogen) atoms. The molecule has 1 N–H and O–H groups in total. The molecule has 3 aromatic heterocycles. The number of ether oxygens (including phenoxy) is 2. The Hall–Kier alpha value is -4.41. The third-order valence-electron chi connectivity index (χ3n) is 7.63. The van der Waals surface area contributed by atoms with E-state index in [9.17, 15) is 9.90 Å². The molecule has 11 heteroatoms. The molecule has 1 atom stereocenters. The quantitative estimate of drug-likeness (QED) is 0.193. The number of pyridine rings is 2. The lowest BCUT2D eigenvalue weighted by Gasteiger charge is -2.28. The number of imidazole rings is 1. The van der Waals surface area contributed by atoms with Crippen molar-refractivity contribution in [1.29, 1.82) is 0 Å². The lowest BCUT2D eigenvalue weighted by atomic mass is 9.87. The van der Waals surface area contributed by atoms with Gasteiger partial charge in [0.05, 0.1) is 41.5 Å². The summed E-state index contributed by atoms with van der Waals surface area (Å²) in [5.41, 5.74) is 2.08. The van der Waals surface area contributed by atoms with Gasteiger partial charge >= 0.3 is 5.97 Å². The monoisotopic (exact) mass is 604 g/mol. The van der Waals surface area contributed by atoms with Crippen LogP contribution in [0, 0.1) is 17.0 Å². The Morgan fingerprint density at radius 3 is 2.67 bits per heavy atom. The molecular formula is C32H27ClF2N4O4. The predicted octanol–water partition coefficient (Wildman–Crippen LogP) is 6.89. The number of hydrogen-bond donors (Lipinski definition) is 1. The first-order valence-corrected chi connectivity index (χ1v) is 14.0. The van der Waals surface area contributed by atoms with Crippen molar-refractivity contribution in [3.63, 3.8) is 0 Å². The zero-order chi connectivity index (χ0) is 30.3. The second-order valence-electron chi connectivity index (χ2n) is 11.2. The maximum atomic E-state index is 15.6. The minimum absolute atomic E-state index is 0.00945. The second kappa shape index (κ2) is 11.3. The van der Waals surface area contributed by atoms with Crippen molar-refractivity contribution in [2.24, 2.45) is 5.41 Å². The van der Waals surface area contributed by atoms with E-state index in [2.05, 4.69) is 9.97 Å². The molecule has 1 aliphatic heterocycles. The SMILES string of the molecule is CC1(C)COCC1n1c(Cc2cc(F)c(-c3cccc(OCc4ccc(Cl)nc4)n3)cc2F)nc2ccc(C(=O)O)cc21. The smallest absolute Gasteiger partial charge is 0.335 e. The van der Waals surface area contributed by atoms with Crippen LogP contribution in [0.4, 0.5) is 8.78 Å². The first kappa shape index (κ1) is 28.7. The minimum atomic E-state index is -1.06. The molecule has 0 amide bonds. The van der Waals surface area contributed by atoms with Crippen LogP contribution in [0.3, 0.4) is 0 Å². The van der Waals surface area contributed by atoms with Gasteiger partial charge in [-0.1, -0.05) is 37.6 Å². The Labute approximate surface area is 250 Å². The van der Waals surface area contributed by atoms with Gasteiger partial charge in [-0.05, 0) is 48.0 Å². The molecule has 1 fully saturated rings. The van der Waals surface area contributed by atoms with Crippen molar-refractivity contribution in [2.75, 3.05) is 13.2 Å². The maximum absolute atomic E-state index is 15.6. The zero-order valence-corrected chi connectivity index (χ0v) is 24.1. The summed E-state index contributed by atoms with van der Waals surface area (Å²) in [4.78, 5) is 24.8. The number of hydrogen-bond acceptors (Lipinski definition) is 6. The van der Waals surface area contributed by atoms with E-state index in [0.717, 1.165) is 17.7 Å². The molecule has 2 aromatic carbocycles. The van der Waals surface area contributed by atoms with Crippen molar-refractivity contribution in [3.05, 3.63) is 106 Å². The molecule has 6 rings (SSSR count). The van der Waals surface area contributed by atoms with Crippen molar-refractivity contribution >= 4 is 28.6 Å². The molecule has 0 saturated carbocycles. The molecule has 0 aliphatic carbocycles. The molecule has 220 valence electrons. The van der Waals surface area contributed by atoms with Crippen LogP contribution in [-0.4, -0.2) is 43.8 Å². The number of aromatic nitrogens is 4. The van der Waals surface area contributed by atoms with Gasteiger partial charge in [-0.2, -0.15) is 0 Å². The highest BCUT2D eigenvalue weighted by atomic mass is 35.5. The van der Waals surface area contributed by atoms with E-state index in [1.807, 2.05) is 18.4 Å². The van der Waals surface area contributed by atoms with E-state index < -0.39 is 17.6 Å². The van der Waals surface area contributed by atoms with Crippen molar-refractivity contribution in [3.8, 4) is 17.1 Å². The summed E-state index contributed by atoms with van der Waals surface area (Å²) < 4.78 is 44.5. The van der Waals surface area contributed by atoms with Gasteiger partial charge in [0.25, 0.3) is 0 Å². The van der Waals surface area contributed by atoms with Gasteiger partial charge in [0.2, 0.25) is 5.88 Å². The number of halogens is 3. The normalized spacial score (nSPS) is 16.1. The van der Waals surface area contributed by atoms with Crippen LogP contribution in [0.2, 0.25) is 5.15 Å². The van der Waals surface area contributed by atoms with Crippen molar-refractivity contribution < 1.29 is 28.2 Å². The molecule has 8 nitrogen and oxygen atoms in total. The molecule has 1 aliphatic rings. The van der Waals surface area contributed by atoms with E-state index in [4.69, 9.17) is 26.1 Å². The summed E-state index contributed by atoms with van der Waals surface area (Å²) in [6.45, 7) is 5.16. The number of carbonyl (C=O) groups is 1. The summed E-state index contributed by atoms with van der Waals surface area (Å²) in [6, 6.07) is 15.1. The number of rotatable bonds is 8. The van der Waals surface area contributed by atoms with Crippen LogP contribution < -0.4 is 4.74 Å². The van der Waals surface area contributed by atoms with Crippen LogP contribution in [-0.2, 0) is 17.8 Å². The van der Waals surface area contributed by atoms with Crippen LogP contribution in [0.1, 0.15) is 47.2 Å². The van der Waals surface area contributed by atoms with Gasteiger partial charge in [0, 0.05) is 35.2 Å². The standard InChI is InChI=1S/C32H27ClF2N4O4/c1-32(2)17-42-16-27(32)39-26-11-19(31(40)41)7-8-25(26)37-29(39)12-20-10-23(35)21(13-22(20)34)24-4-3-5-30(38-24)43-15-18-6-9-28(33)36-14-18/h3-11,13-14,27H,12,15-17H2,1-2H3,(H,40,41). The molecular weight excluding hydrogens is 578 g/mol. The Morgan fingerprint density at radius 1 is 1.12 bits per heavy atom. The van der Waals surface area contributed by atoms with Gasteiger partial charge in [0.1, 0.15) is 29.2 Å². The summed E-state index contributed by atoms with van der Waals surface area (Å²) in [6.07, 6.45) is 1.57. The average molecular weight is 605 g/mol. The number of aromatic carboxylic acids is 1. The summed E-state index contributed by atoms with van der Waals surface area (Å²) in [5.74, 6) is -1.61. The second-order valence-corrected chi connectivity index (χ2v) is 11.6. The van der Waals surface area contributed by atoms with E-state index in [-0.39, 0.29) is 52.7 Å². The fourth-order valence-electron chi connectivity index (χ4n) is 5.31. The topological polar surface area (TPSA) is 99.4 Å². The highest BCUT2D eigenvalue weighted by Crippen LogP contribution is 2.40. The minimum Gasteiger partial charge on any atom is -0.478 e. The largest absolute Gasteiger partial charge is 0.478 e. The number of fused-ring (bicyclic) bond motifs is 1. The van der Waals surface area contributed by atoms with E-state index >= 15 is 8.78 Å². The Bertz CT molecular complexity index is 1840. The van der Waals surface area contributed by atoms with Crippen LogP contribution in [0.5, 0.6) is 5.88 Å².